The lowest BCUT2D eigenvalue weighted by Gasteiger charge is -2.42. The van der Waals surface area contributed by atoms with E-state index < -0.39 is 0 Å². The number of nitrogens with zero attached hydrogens (tertiary/aromatic N) is 1. The van der Waals surface area contributed by atoms with Gasteiger partial charge in [-0.1, -0.05) is 20.3 Å². The summed E-state index contributed by atoms with van der Waals surface area (Å²) >= 11 is 0. The molecule has 2 atom stereocenters. The maximum atomic E-state index is 6.05. The zero-order valence-electron chi connectivity index (χ0n) is 12.6. The Morgan fingerprint density at radius 3 is 2.67 bits per heavy atom. The smallest absolute Gasteiger partial charge is 0.0546 e. The van der Waals surface area contributed by atoms with Gasteiger partial charge in [0.15, 0.2) is 0 Å². The Bertz CT molecular complexity index is 215. The van der Waals surface area contributed by atoms with E-state index in [1.165, 1.54) is 38.6 Å². The summed E-state index contributed by atoms with van der Waals surface area (Å²) in [5.74, 6) is 0. The molecule has 108 valence electrons. The minimum absolute atomic E-state index is 0.204. The van der Waals surface area contributed by atoms with E-state index in [4.69, 9.17) is 10.5 Å². The van der Waals surface area contributed by atoms with Crippen molar-refractivity contribution < 1.29 is 4.74 Å². The van der Waals surface area contributed by atoms with Gasteiger partial charge in [-0.25, -0.2) is 0 Å². The Labute approximate surface area is 113 Å². The number of ether oxygens (including phenoxy) is 1. The molecule has 18 heavy (non-hydrogen) atoms. The molecular formula is C15H32N2O. The highest BCUT2D eigenvalue weighted by Gasteiger charge is 2.34. The number of nitrogens with two attached hydrogens (primary N) is 1. The molecule has 0 aromatic heterocycles. The third kappa shape index (κ3) is 4.52. The van der Waals surface area contributed by atoms with Crippen molar-refractivity contribution in [3.63, 3.8) is 0 Å². The zero-order valence-corrected chi connectivity index (χ0v) is 12.6. The summed E-state index contributed by atoms with van der Waals surface area (Å²) < 4.78 is 5.69. The predicted octanol–water partition coefficient (Wildman–Crippen LogP) is 2.64. The van der Waals surface area contributed by atoms with Crippen LogP contribution in [-0.4, -0.2) is 43.8 Å². The molecule has 2 unspecified atom stereocenters. The van der Waals surface area contributed by atoms with Crippen molar-refractivity contribution in [2.45, 2.75) is 58.9 Å². The number of hydrogen-bond donors (Lipinski definition) is 1. The summed E-state index contributed by atoms with van der Waals surface area (Å²) in [7, 11) is 0. The van der Waals surface area contributed by atoms with Crippen molar-refractivity contribution >= 4 is 0 Å². The molecule has 0 bridgehead atoms. The van der Waals surface area contributed by atoms with E-state index in [1.807, 2.05) is 0 Å². The van der Waals surface area contributed by atoms with Gasteiger partial charge in [0.05, 0.1) is 6.61 Å². The normalized spacial score (nSPS) is 26.5. The van der Waals surface area contributed by atoms with E-state index in [1.54, 1.807) is 0 Å². The van der Waals surface area contributed by atoms with Crippen LogP contribution in [0.4, 0.5) is 0 Å². The molecule has 3 nitrogen and oxygen atoms in total. The lowest BCUT2D eigenvalue weighted by molar-refractivity contribution is -0.0281. The van der Waals surface area contributed by atoms with Crippen LogP contribution in [0, 0.1) is 5.41 Å². The van der Waals surface area contributed by atoms with E-state index in [9.17, 15) is 0 Å². The average molecular weight is 256 g/mol. The Kier molecular flexibility index (Phi) is 7.20. The van der Waals surface area contributed by atoms with Crippen LogP contribution in [-0.2, 0) is 4.74 Å². The van der Waals surface area contributed by atoms with Gasteiger partial charge in [-0.2, -0.15) is 0 Å². The molecule has 1 aliphatic heterocycles. The van der Waals surface area contributed by atoms with Crippen LogP contribution in [0.2, 0.25) is 0 Å². The molecule has 0 amide bonds. The molecule has 0 spiro atoms. The van der Waals surface area contributed by atoms with Crippen molar-refractivity contribution in [2.75, 3.05) is 32.8 Å². The highest BCUT2D eigenvalue weighted by atomic mass is 16.5. The fourth-order valence-corrected chi connectivity index (χ4v) is 2.77. The third-order valence-corrected chi connectivity index (χ3v) is 4.39. The first kappa shape index (κ1) is 15.9. The molecule has 1 fully saturated rings. The summed E-state index contributed by atoms with van der Waals surface area (Å²) in [6, 6.07) is 0.655. The van der Waals surface area contributed by atoms with Gasteiger partial charge in [0.2, 0.25) is 0 Å². The van der Waals surface area contributed by atoms with Crippen LogP contribution in [0.5, 0.6) is 0 Å². The van der Waals surface area contributed by atoms with Crippen LogP contribution in [0.15, 0.2) is 0 Å². The Morgan fingerprint density at radius 2 is 2.17 bits per heavy atom. The summed E-state index contributed by atoms with van der Waals surface area (Å²) in [5.41, 5.74) is 6.25. The Morgan fingerprint density at radius 1 is 1.39 bits per heavy atom. The lowest BCUT2D eigenvalue weighted by atomic mass is 9.81. The minimum atomic E-state index is 0.204. The van der Waals surface area contributed by atoms with Crippen molar-refractivity contribution in [1.29, 1.82) is 0 Å². The molecular weight excluding hydrogens is 224 g/mol. The summed E-state index contributed by atoms with van der Waals surface area (Å²) in [6.07, 6.45) is 6.15. The maximum absolute atomic E-state index is 6.05. The average Bonchev–Trinajstić information content (AvgIpc) is 2.43. The Balaban J connectivity index is 2.60. The van der Waals surface area contributed by atoms with E-state index >= 15 is 0 Å². The summed E-state index contributed by atoms with van der Waals surface area (Å²) in [4.78, 5) is 2.63. The summed E-state index contributed by atoms with van der Waals surface area (Å²) in [5, 5.41) is 0. The van der Waals surface area contributed by atoms with Gasteiger partial charge in [-0.3, -0.25) is 4.90 Å². The molecule has 1 rings (SSSR count). The second-order valence-electron chi connectivity index (χ2n) is 5.94. The van der Waals surface area contributed by atoms with Crippen molar-refractivity contribution in [1.82, 2.24) is 4.90 Å². The Hall–Kier alpha value is -0.120. The topological polar surface area (TPSA) is 38.5 Å². The zero-order chi connectivity index (χ0) is 13.4. The van der Waals surface area contributed by atoms with Crippen LogP contribution in [0.1, 0.15) is 52.9 Å². The molecule has 1 aliphatic rings. The minimum Gasteiger partial charge on any atom is -0.381 e. The highest BCUT2D eigenvalue weighted by molar-refractivity contribution is 4.87. The van der Waals surface area contributed by atoms with Gasteiger partial charge < -0.3 is 10.5 Å². The molecule has 0 aromatic carbocycles. The van der Waals surface area contributed by atoms with E-state index in [0.29, 0.717) is 6.04 Å². The fraction of sp³-hybridized carbons (Fsp3) is 1.00. The number of unbranched alkanes of at least 4 members (excludes halogenated alkanes) is 1. The van der Waals surface area contributed by atoms with Crippen LogP contribution in [0.25, 0.3) is 0 Å². The van der Waals surface area contributed by atoms with Gasteiger partial charge in [-0.05, 0) is 39.2 Å². The SMILES string of the molecule is CCCCN(CC1(CN)CCCOC1)C(C)CC. The monoisotopic (exact) mass is 256 g/mol. The highest BCUT2D eigenvalue weighted by Crippen LogP contribution is 2.29. The first-order valence-electron chi connectivity index (χ1n) is 7.69. The van der Waals surface area contributed by atoms with Crippen LogP contribution < -0.4 is 5.73 Å². The van der Waals surface area contributed by atoms with Gasteiger partial charge in [0.1, 0.15) is 0 Å². The van der Waals surface area contributed by atoms with Gasteiger partial charge in [0.25, 0.3) is 0 Å². The molecule has 0 aromatic rings. The fourth-order valence-electron chi connectivity index (χ4n) is 2.77. The molecule has 2 N–H and O–H groups in total. The van der Waals surface area contributed by atoms with Gasteiger partial charge in [-0.15, -0.1) is 0 Å². The third-order valence-electron chi connectivity index (χ3n) is 4.39. The first-order valence-corrected chi connectivity index (χ1v) is 7.69. The number of hydrogen-bond acceptors (Lipinski definition) is 3. The quantitative estimate of drug-likeness (QED) is 0.725. The molecule has 0 saturated carbocycles. The van der Waals surface area contributed by atoms with Crippen molar-refractivity contribution in [3.8, 4) is 0 Å². The van der Waals surface area contributed by atoms with E-state index in [2.05, 4.69) is 25.7 Å². The predicted molar refractivity (Wildman–Crippen MR) is 77.8 cm³/mol. The summed E-state index contributed by atoms with van der Waals surface area (Å²) in [6.45, 7) is 11.7. The van der Waals surface area contributed by atoms with Crippen LogP contribution in [0.3, 0.4) is 0 Å². The number of rotatable bonds is 8. The van der Waals surface area contributed by atoms with Crippen molar-refractivity contribution in [2.24, 2.45) is 11.1 Å². The molecule has 0 radical (unpaired) electrons. The maximum Gasteiger partial charge on any atom is 0.0546 e. The standard InChI is InChI=1S/C15H32N2O/c1-4-6-9-17(14(3)5-2)12-15(11-16)8-7-10-18-13-15/h14H,4-13,16H2,1-3H3. The first-order chi connectivity index (χ1) is 8.67. The van der Waals surface area contributed by atoms with Gasteiger partial charge in [0, 0.05) is 31.2 Å². The molecule has 0 aliphatic carbocycles. The van der Waals surface area contributed by atoms with Crippen LogP contribution >= 0.6 is 0 Å². The second kappa shape index (κ2) is 8.13. The molecule has 1 heterocycles. The second-order valence-corrected chi connectivity index (χ2v) is 5.94. The van der Waals surface area contributed by atoms with E-state index in [0.717, 1.165) is 26.3 Å². The molecule has 3 heteroatoms. The van der Waals surface area contributed by atoms with Gasteiger partial charge >= 0.3 is 0 Å². The molecule has 1 saturated heterocycles. The van der Waals surface area contributed by atoms with Crippen molar-refractivity contribution in [3.05, 3.63) is 0 Å². The van der Waals surface area contributed by atoms with E-state index in [-0.39, 0.29) is 5.41 Å². The lowest BCUT2D eigenvalue weighted by Crippen LogP contribution is -2.50. The largest absolute Gasteiger partial charge is 0.381 e.